The van der Waals surface area contributed by atoms with Crippen molar-refractivity contribution in [1.82, 2.24) is 25.3 Å². The number of urea groups is 1. The molecule has 0 aliphatic carbocycles. The minimum Gasteiger partial charge on any atom is -0.351 e. The summed E-state index contributed by atoms with van der Waals surface area (Å²) >= 11 is 6.13. The molecule has 2 aliphatic heterocycles. The fourth-order valence-corrected chi connectivity index (χ4v) is 4.09. The Morgan fingerprint density at radius 3 is 2.70 bits per heavy atom. The summed E-state index contributed by atoms with van der Waals surface area (Å²) in [6, 6.07) is -0.114. The molecule has 0 aromatic rings. The lowest BCUT2D eigenvalue weighted by molar-refractivity contribution is -0.119. The van der Waals surface area contributed by atoms with E-state index in [4.69, 9.17) is 11.6 Å². The van der Waals surface area contributed by atoms with Crippen molar-refractivity contribution in [2.24, 2.45) is 0 Å². The van der Waals surface area contributed by atoms with E-state index >= 15 is 0 Å². The Morgan fingerprint density at radius 1 is 1.33 bits per heavy atom. The Labute approximate surface area is 203 Å². The first kappa shape index (κ1) is 26.7. The fraction of sp³-hybridized carbons (Fsp3) is 0.520. The number of allylic oxidation sites excluding steroid dienone is 6. The third kappa shape index (κ3) is 6.74. The number of hydrogen-bond donors (Lipinski definition) is 2. The van der Waals surface area contributed by atoms with E-state index in [1.54, 1.807) is 30.2 Å². The molecule has 1 saturated heterocycles. The molecule has 8 heteroatoms. The molecule has 2 aliphatic rings. The van der Waals surface area contributed by atoms with Gasteiger partial charge in [-0.2, -0.15) is 0 Å². The number of fused-ring (bicyclic) bond motifs is 1. The van der Waals surface area contributed by atoms with E-state index in [1.807, 2.05) is 35.9 Å². The molecule has 3 amide bonds. The average molecular weight is 476 g/mol. The summed E-state index contributed by atoms with van der Waals surface area (Å²) in [6.07, 6.45) is 13.3. The minimum absolute atomic E-state index is 0.0859. The Hall–Kier alpha value is -2.51. The maximum Gasteiger partial charge on any atom is 0.329 e. The zero-order valence-electron chi connectivity index (χ0n) is 20.5. The lowest BCUT2D eigenvalue weighted by Gasteiger charge is -2.49. The molecule has 2 unspecified atom stereocenters. The molecule has 2 atom stereocenters. The van der Waals surface area contributed by atoms with Crippen molar-refractivity contribution in [1.29, 1.82) is 0 Å². The van der Waals surface area contributed by atoms with Crippen LogP contribution in [0.2, 0.25) is 0 Å². The highest BCUT2D eigenvalue weighted by Crippen LogP contribution is 2.33. The maximum absolute atomic E-state index is 13.6. The molecule has 0 radical (unpaired) electrons. The highest BCUT2D eigenvalue weighted by atomic mass is 35.5. The van der Waals surface area contributed by atoms with Gasteiger partial charge in [-0.05, 0) is 51.6 Å². The van der Waals surface area contributed by atoms with Crippen LogP contribution in [0.25, 0.3) is 0 Å². The van der Waals surface area contributed by atoms with Gasteiger partial charge in [-0.25, -0.2) is 4.79 Å². The normalized spacial score (nSPS) is 19.9. The van der Waals surface area contributed by atoms with E-state index < -0.39 is 0 Å². The van der Waals surface area contributed by atoms with Gasteiger partial charge in [0, 0.05) is 30.4 Å². The van der Waals surface area contributed by atoms with Gasteiger partial charge in [0.25, 0.3) is 0 Å². The van der Waals surface area contributed by atoms with Gasteiger partial charge in [-0.1, -0.05) is 50.4 Å². The van der Waals surface area contributed by atoms with Gasteiger partial charge in [-0.15, -0.1) is 0 Å². The predicted molar refractivity (Wildman–Crippen MR) is 135 cm³/mol. The third-order valence-electron chi connectivity index (χ3n) is 6.03. The molecular weight excluding hydrogens is 438 g/mol. The molecule has 2 rings (SSSR count). The van der Waals surface area contributed by atoms with Gasteiger partial charge in [0.2, 0.25) is 5.91 Å². The molecule has 0 bridgehead atoms. The molecule has 2 heterocycles. The molecule has 0 spiro atoms. The van der Waals surface area contributed by atoms with Crippen molar-refractivity contribution >= 4 is 23.5 Å². The summed E-state index contributed by atoms with van der Waals surface area (Å²) in [4.78, 5) is 31.4. The first-order chi connectivity index (χ1) is 15.7. The van der Waals surface area contributed by atoms with E-state index in [-0.39, 0.29) is 30.6 Å². The number of amides is 3. The number of hydrogen-bond acceptors (Lipinski definition) is 4. The molecule has 33 heavy (non-hydrogen) atoms. The van der Waals surface area contributed by atoms with Crippen LogP contribution >= 0.6 is 11.6 Å². The van der Waals surface area contributed by atoms with Gasteiger partial charge in [0.05, 0.1) is 18.3 Å². The van der Waals surface area contributed by atoms with Gasteiger partial charge in [-0.3, -0.25) is 9.69 Å². The number of nitrogens with zero attached hydrogens (tertiary/aromatic N) is 3. The van der Waals surface area contributed by atoms with Crippen LogP contribution in [0.5, 0.6) is 0 Å². The summed E-state index contributed by atoms with van der Waals surface area (Å²) in [5.41, 5.74) is 1.38. The number of halogens is 1. The second-order valence-electron chi connectivity index (χ2n) is 8.46. The van der Waals surface area contributed by atoms with Crippen molar-refractivity contribution in [3.63, 3.8) is 0 Å². The van der Waals surface area contributed by atoms with Crippen LogP contribution < -0.4 is 10.6 Å². The van der Waals surface area contributed by atoms with E-state index in [2.05, 4.69) is 31.1 Å². The van der Waals surface area contributed by atoms with Crippen LogP contribution in [-0.4, -0.2) is 65.9 Å². The Bertz CT molecular complexity index is 861. The summed E-state index contributed by atoms with van der Waals surface area (Å²) in [6.45, 7) is 11.1. The highest BCUT2D eigenvalue weighted by Gasteiger charge is 2.42. The monoisotopic (exact) mass is 475 g/mol. The number of carbonyl (C=O) groups is 2. The second-order valence-corrected chi connectivity index (χ2v) is 8.90. The Kier molecular flexibility index (Phi) is 10.3. The van der Waals surface area contributed by atoms with Crippen LogP contribution in [0.1, 0.15) is 46.5 Å². The standard InChI is InChI=1S/C25H38ClN5O2/c1-7-9-10-11-18(3)30-17-22-21(14-15-23(29(22)6)28-24(32)16-27-5)31(25(30)33)19(4)12-13-20(26)8-2/h8,12-15,18,22,27H,4,7,9-11,16-17H2,1-3,5-6H3,(H,28,32). The van der Waals surface area contributed by atoms with Crippen LogP contribution in [-0.2, 0) is 4.79 Å². The third-order valence-corrected chi connectivity index (χ3v) is 6.37. The largest absolute Gasteiger partial charge is 0.351 e. The van der Waals surface area contributed by atoms with Crippen LogP contribution in [0, 0.1) is 0 Å². The van der Waals surface area contributed by atoms with E-state index in [0.29, 0.717) is 23.1 Å². The van der Waals surface area contributed by atoms with Crippen LogP contribution in [0.4, 0.5) is 4.79 Å². The summed E-state index contributed by atoms with van der Waals surface area (Å²) in [5.74, 6) is 0.587. The average Bonchev–Trinajstić information content (AvgIpc) is 2.79. The number of rotatable bonds is 11. The van der Waals surface area contributed by atoms with Crippen molar-refractivity contribution < 1.29 is 9.59 Å². The lowest BCUT2D eigenvalue weighted by Crippen LogP contribution is -2.61. The molecule has 182 valence electrons. The second kappa shape index (κ2) is 12.7. The highest BCUT2D eigenvalue weighted by molar-refractivity contribution is 6.31. The first-order valence-corrected chi connectivity index (χ1v) is 12.0. The predicted octanol–water partition coefficient (Wildman–Crippen LogP) is 4.28. The van der Waals surface area contributed by atoms with Crippen LogP contribution in [0.3, 0.4) is 0 Å². The molecular formula is C25H38ClN5O2. The number of nitrogens with one attached hydrogen (secondary N) is 2. The summed E-state index contributed by atoms with van der Waals surface area (Å²) < 4.78 is 0. The van der Waals surface area contributed by atoms with Crippen molar-refractivity contribution in [3.05, 3.63) is 59.2 Å². The molecule has 7 nitrogen and oxygen atoms in total. The maximum atomic E-state index is 13.6. The molecule has 0 aromatic carbocycles. The SMILES string of the molecule is C=C(C=CC(Cl)=CC)N1C(=O)N(C(C)CCCCC)CC2C1=CC=C(NC(=O)CNC)N2C. The van der Waals surface area contributed by atoms with Crippen LogP contribution in [0.15, 0.2) is 59.2 Å². The zero-order valence-corrected chi connectivity index (χ0v) is 21.3. The van der Waals surface area contributed by atoms with Crippen molar-refractivity contribution in [3.8, 4) is 0 Å². The first-order valence-electron chi connectivity index (χ1n) is 11.6. The quantitative estimate of drug-likeness (QED) is 0.345. The topological polar surface area (TPSA) is 67.9 Å². The zero-order chi connectivity index (χ0) is 24.5. The van der Waals surface area contributed by atoms with Gasteiger partial charge in [0.1, 0.15) is 5.82 Å². The van der Waals surface area contributed by atoms with Gasteiger partial charge >= 0.3 is 6.03 Å². The summed E-state index contributed by atoms with van der Waals surface area (Å²) in [7, 11) is 3.67. The van der Waals surface area contributed by atoms with Crippen molar-refractivity contribution in [2.45, 2.75) is 58.5 Å². The van der Waals surface area contributed by atoms with Gasteiger partial charge in [0.15, 0.2) is 0 Å². The molecule has 2 N–H and O–H groups in total. The van der Waals surface area contributed by atoms with Gasteiger partial charge < -0.3 is 20.4 Å². The Morgan fingerprint density at radius 2 is 2.06 bits per heavy atom. The number of unbranched alkanes of at least 4 members (excludes halogenated alkanes) is 2. The molecule has 0 saturated carbocycles. The smallest absolute Gasteiger partial charge is 0.329 e. The summed E-state index contributed by atoms with van der Waals surface area (Å²) in [5, 5.41) is 6.39. The Balaban J connectivity index is 2.38. The van der Waals surface area contributed by atoms with E-state index in [1.165, 1.54) is 0 Å². The molecule has 1 fully saturated rings. The van der Waals surface area contributed by atoms with Crippen molar-refractivity contribution in [2.75, 3.05) is 27.2 Å². The fourth-order valence-electron chi connectivity index (χ4n) is 4.03. The molecule has 0 aromatic heterocycles. The van der Waals surface area contributed by atoms with E-state index in [9.17, 15) is 9.59 Å². The minimum atomic E-state index is -0.117. The number of carbonyl (C=O) groups excluding carboxylic acids is 2. The van der Waals surface area contributed by atoms with E-state index in [0.717, 1.165) is 31.4 Å². The lowest BCUT2D eigenvalue weighted by atomic mass is 10.0. The number of likely N-dealkylation sites (N-methyl/N-ethyl adjacent to an activating group) is 2.